The maximum atomic E-state index is 13.5. The number of nitrogens with zero attached hydrogens (tertiary/aromatic N) is 3. The lowest BCUT2D eigenvalue weighted by atomic mass is 10.1. The van der Waals surface area contributed by atoms with Gasteiger partial charge in [-0.15, -0.1) is 0 Å². The second kappa shape index (κ2) is 10.5. The van der Waals surface area contributed by atoms with Gasteiger partial charge in [0, 0.05) is 23.5 Å². The molecule has 0 aliphatic heterocycles. The maximum Gasteiger partial charge on any atom is 0.276 e. The lowest BCUT2D eigenvalue weighted by molar-refractivity contribution is 0.102. The van der Waals surface area contributed by atoms with E-state index in [4.69, 9.17) is 16.0 Å². The van der Waals surface area contributed by atoms with Gasteiger partial charge in [0.25, 0.3) is 5.91 Å². The zero-order chi connectivity index (χ0) is 25.9. The number of carbonyl (C=O) groups excluding carboxylic acids is 1. The molecule has 0 spiro atoms. The third-order valence-electron chi connectivity index (χ3n) is 5.28. The molecule has 2 heterocycles. The Labute approximate surface area is 212 Å². The molecule has 0 atom stereocenters. The molecule has 11 heteroatoms. The zero-order valence-electron chi connectivity index (χ0n) is 19.4. The zero-order valence-corrected chi connectivity index (χ0v) is 21.0. The molecule has 2 aromatic carbocycles. The molecule has 36 heavy (non-hydrogen) atoms. The number of nitrogens with one attached hydrogen (secondary N) is 1. The maximum absolute atomic E-state index is 13.5. The normalized spacial score (nSPS) is 11.3. The van der Waals surface area contributed by atoms with E-state index in [1.54, 1.807) is 47.4 Å². The largest absolute Gasteiger partial charge is 0.467 e. The number of carbonyl (C=O) groups is 1. The van der Waals surface area contributed by atoms with E-state index in [2.05, 4.69) is 15.3 Å². The van der Waals surface area contributed by atoms with Crippen molar-refractivity contribution < 1.29 is 22.0 Å². The van der Waals surface area contributed by atoms with Gasteiger partial charge in [0.2, 0.25) is 15.0 Å². The molecule has 2 aromatic heterocycles. The molecule has 0 aliphatic carbocycles. The first-order valence-electron chi connectivity index (χ1n) is 10.8. The summed E-state index contributed by atoms with van der Waals surface area (Å²) in [7, 11) is -3.80. The van der Waals surface area contributed by atoms with Gasteiger partial charge in [-0.05, 0) is 54.4 Å². The van der Waals surface area contributed by atoms with Crippen LogP contribution in [0.4, 0.5) is 15.8 Å². The summed E-state index contributed by atoms with van der Waals surface area (Å²) in [6.07, 6.45) is 3.76. The predicted octanol–water partition coefficient (Wildman–Crippen LogP) is 5.03. The lowest BCUT2D eigenvalue weighted by Crippen LogP contribution is -2.27. The van der Waals surface area contributed by atoms with Crippen LogP contribution in [0.1, 0.15) is 27.4 Å². The number of hydrogen-bond acceptors (Lipinski definition) is 7. The van der Waals surface area contributed by atoms with Gasteiger partial charge in [-0.25, -0.2) is 22.8 Å². The van der Waals surface area contributed by atoms with Crippen molar-refractivity contribution >= 4 is 38.7 Å². The minimum atomic E-state index is -3.80. The van der Waals surface area contributed by atoms with Crippen molar-refractivity contribution in [3.63, 3.8) is 0 Å². The van der Waals surface area contributed by atoms with Crippen molar-refractivity contribution in [1.82, 2.24) is 9.97 Å². The Morgan fingerprint density at radius 2 is 1.89 bits per heavy atom. The van der Waals surface area contributed by atoms with Crippen LogP contribution in [0.15, 0.2) is 76.6 Å². The number of aryl methyl sites for hydroxylation is 1. The summed E-state index contributed by atoms with van der Waals surface area (Å²) in [6, 6.07) is 14.4. The van der Waals surface area contributed by atoms with Gasteiger partial charge < -0.3 is 14.6 Å². The van der Waals surface area contributed by atoms with Gasteiger partial charge in [-0.3, -0.25) is 4.79 Å². The van der Waals surface area contributed by atoms with Crippen LogP contribution in [0.3, 0.4) is 0 Å². The second-order valence-electron chi connectivity index (χ2n) is 8.14. The Balaban J connectivity index is 1.78. The van der Waals surface area contributed by atoms with Crippen LogP contribution in [-0.4, -0.2) is 30.5 Å². The minimum absolute atomic E-state index is 0.157. The quantitative estimate of drug-likeness (QED) is 0.320. The van der Waals surface area contributed by atoms with Crippen molar-refractivity contribution in [2.45, 2.75) is 25.2 Å². The number of hydrogen-bond donors (Lipinski definition) is 1. The standard InChI is InChI=1S/C25H22ClFN4O4S/c1-16-5-10-19(12-21(16)26)29-24(32)23-22(13-28-25(30-23)36(2,33)34)31(15-20-4-3-11-35-20)14-17-6-8-18(27)9-7-17/h3-13H,14-15H2,1-2H3,(H,29,32). The molecule has 0 bridgehead atoms. The van der Waals surface area contributed by atoms with E-state index < -0.39 is 20.9 Å². The molecule has 0 fully saturated rings. The summed E-state index contributed by atoms with van der Waals surface area (Å²) < 4.78 is 43.3. The number of halogens is 2. The number of furan rings is 1. The first kappa shape index (κ1) is 25.3. The first-order chi connectivity index (χ1) is 17.1. The fourth-order valence-corrected chi connectivity index (χ4v) is 4.11. The fourth-order valence-electron chi connectivity index (χ4n) is 3.42. The van der Waals surface area contributed by atoms with Gasteiger partial charge >= 0.3 is 0 Å². The van der Waals surface area contributed by atoms with Gasteiger partial charge in [0.1, 0.15) is 11.6 Å². The van der Waals surface area contributed by atoms with Crippen LogP contribution in [-0.2, 0) is 22.9 Å². The van der Waals surface area contributed by atoms with Crippen LogP contribution in [0.2, 0.25) is 5.02 Å². The van der Waals surface area contributed by atoms with Crippen molar-refractivity contribution in [2.24, 2.45) is 0 Å². The Kier molecular flexibility index (Phi) is 7.37. The molecule has 1 N–H and O–H groups in total. The highest BCUT2D eigenvalue weighted by Gasteiger charge is 2.24. The van der Waals surface area contributed by atoms with E-state index in [1.807, 2.05) is 6.92 Å². The van der Waals surface area contributed by atoms with E-state index in [9.17, 15) is 17.6 Å². The fraction of sp³-hybridized carbons (Fsp3) is 0.160. The summed E-state index contributed by atoms with van der Waals surface area (Å²) >= 11 is 6.19. The Hall–Kier alpha value is -3.76. The Morgan fingerprint density at radius 3 is 2.53 bits per heavy atom. The third-order valence-corrected chi connectivity index (χ3v) is 6.55. The average molecular weight is 529 g/mol. The van der Waals surface area contributed by atoms with Crippen LogP contribution >= 0.6 is 11.6 Å². The molecule has 0 aliphatic rings. The molecular weight excluding hydrogens is 507 g/mol. The highest BCUT2D eigenvalue weighted by atomic mass is 35.5. The highest BCUT2D eigenvalue weighted by molar-refractivity contribution is 7.90. The second-order valence-corrected chi connectivity index (χ2v) is 10.5. The first-order valence-corrected chi connectivity index (χ1v) is 13.0. The number of benzene rings is 2. The van der Waals surface area contributed by atoms with Crippen LogP contribution < -0.4 is 10.2 Å². The number of aromatic nitrogens is 2. The van der Waals surface area contributed by atoms with E-state index in [-0.39, 0.29) is 30.3 Å². The number of sulfone groups is 1. The van der Waals surface area contributed by atoms with Gasteiger partial charge in [0.05, 0.1) is 24.7 Å². The summed E-state index contributed by atoms with van der Waals surface area (Å²) in [5.74, 6) is -0.448. The van der Waals surface area contributed by atoms with Crippen molar-refractivity contribution in [1.29, 1.82) is 0 Å². The molecular formula is C25H22ClFN4O4S. The monoisotopic (exact) mass is 528 g/mol. The number of anilines is 2. The Morgan fingerprint density at radius 1 is 1.14 bits per heavy atom. The molecule has 4 aromatic rings. The molecule has 1 amide bonds. The minimum Gasteiger partial charge on any atom is -0.467 e. The lowest BCUT2D eigenvalue weighted by Gasteiger charge is -2.25. The van der Waals surface area contributed by atoms with Crippen LogP contribution in [0.5, 0.6) is 0 Å². The topological polar surface area (TPSA) is 105 Å². The molecule has 0 unspecified atom stereocenters. The smallest absolute Gasteiger partial charge is 0.276 e. The van der Waals surface area contributed by atoms with Crippen molar-refractivity contribution in [3.05, 3.63) is 100 Å². The summed E-state index contributed by atoms with van der Waals surface area (Å²) in [5, 5.41) is 2.70. The summed E-state index contributed by atoms with van der Waals surface area (Å²) in [5.41, 5.74) is 2.10. The molecule has 186 valence electrons. The van der Waals surface area contributed by atoms with Gasteiger partial charge in [0.15, 0.2) is 5.69 Å². The molecule has 4 rings (SSSR count). The van der Waals surface area contributed by atoms with E-state index in [0.29, 0.717) is 16.5 Å². The number of rotatable bonds is 8. The highest BCUT2D eigenvalue weighted by Crippen LogP contribution is 2.26. The molecule has 8 nitrogen and oxygen atoms in total. The summed E-state index contributed by atoms with van der Waals surface area (Å²) in [6.45, 7) is 2.28. The van der Waals surface area contributed by atoms with Crippen LogP contribution in [0, 0.1) is 12.7 Å². The van der Waals surface area contributed by atoms with Crippen molar-refractivity contribution in [3.8, 4) is 0 Å². The predicted molar refractivity (Wildman–Crippen MR) is 134 cm³/mol. The Bertz CT molecular complexity index is 1490. The number of amides is 1. The van der Waals surface area contributed by atoms with Gasteiger partial charge in [-0.1, -0.05) is 29.8 Å². The molecule has 0 saturated carbocycles. The molecule has 0 radical (unpaired) electrons. The van der Waals surface area contributed by atoms with E-state index in [0.717, 1.165) is 17.4 Å². The van der Waals surface area contributed by atoms with E-state index in [1.165, 1.54) is 24.6 Å². The summed E-state index contributed by atoms with van der Waals surface area (Å²) in [4.78, 5) is 23.2. The SMILES string of the molecule is Cc1ccc(NC(=O)c2nc(S(C)(=O)=O)ncc2N(Cc2ccc(F)cc2)Cc2ccco2)cc1Cl. The average Bonchev–Trinajstić information content (AvgIpc) is 3.34. The van der Waals surface area contributed by atoms with Gasteiger partial charge in [-0.2, -0.15) is 0 Å². The molecule has 0 saturated heterocycles. The third kappa shape index (κ3) is 6.07. The van der Waals surface area contributed by atoms with Crippen molar-refractivity contribution in [2.75, 3.05) is 16.5 Å². The van der Waals surface area contributed by atoms with E-state index >= 15 is 0 Å². The van der Waals surface area contributed by atoms with Crippen LogP contribution in [0.25, 0.3) is 0 Å².